The van der Waals surface area contributed by atoms with Crippen molar-refractivity contribution in [2.24, 2.45) is 0 Å². The summed E-state index contributed by atoms with van der Waals surface area (Å²) in [4.78, 5) is 0. The summed E-state index contributed by atoms with van der Waals surface area (Å²) < 4.78 is 6.17. The Hall–Kier alpha value is -1.06. The fourth-order valence-corrected chi connectivity index (χ4v) is 2.89. The minimum absolute atomic E-state index is 0.166. The standard InChI is InChI=1S/C16H25NO2/c1-12-6-4-8-15(13(12)2)19-14-7-5-9-16(10-14,11-18)17-3/h4,6,8,14,17-18H,5,7,9-11H2,1-3H3. The van der Waals surface area contributed by atoms with E-state index in [-0.39, 0.29) is 18.2 Å². The van der Waals surface area contributed by atoms with Gasteiger partial charge in [0.05, 0.1) is 6.61 Å². The Kier molecular flexibility index (Phi) is 4.48. The van der Waals surface area contributed by atoms with Gasteiger partial charge in [-0.15, -0.1) is 0 Å². The maximum Gasteiger partial charge on any atom is 0.122 e. The molecule has 19 heavy (non-hydrogen) atoms. The third kappa shape index (κ3) is 3.10. The molecular formula is C16H25NO2. The second-order valence-corrected chi connectivity index (χ2v) is 5.72. The number of hydrogen-bond donors (Lipinski definition) is 2. The largest absolute Gasteiger partial charge is 0.490 e. The van der Waals surface area contributed by atoms with Crippen molar-refractivity contribution in [1.82, 2.24) is 5.32 Å². The lowest BCUT2D eigenvalue weighted by molar-refractivity contribution is 0.0551. The van der Waals surface area contributed by atoms with Gasteiger partial charge in [0, 0.05) is 12.0 Å². The average Bonchev–Trinajstić information content (AvgIpc) is 2.44. The summed E-state index contributed by atoms with van der Waals surface area (Å²) in [6, 6.07) is 6.18. The first-order valence-electron chi connectivity index (χ1n) is 7.13. The minimum atomic E-state index is -0.166. The van der Waals surface area contributed by atoms with E-state index in [0.717, 1.165) is 31.4 Å². The number of benzene rings is 1. The first kappa shape index (κ1) is 14.4. The highest BCUT2D eigenvalue weighted by atomic mass is 16.5. The zero-order valence-corrected chi connectivity index (χ0v) is 12.2. The second-order valence-electron chi connectivity index (χ2n) is 5.72. The Morgan fingerprint density at radius 3 is 2.89 bits per heavy atom. The highest BCUT2D eigenvalue weighted by Gasteiger charge is 2.35. The first-order valence-corrected chi connectivity index (χ1v) is 7.13. The summed E-state index contributed by atoms with van der Waals surface area (Å²) in [5.74, 6) is 0.981. The molecule has 0 spiro atoms. The lowest BCUT2D eigenvalue weighted by atomic mass is 9.80. The third-order valence-electron chi connectivity index (χ3n) is 4.48. The number of hydrogen-bond acceptors (Lipinski definition) is 3. The molecule has 2 N–H and O–H groups in total. The van der Waals surface area contributed by atoms with Gasteiger partial charge in [0.2, 0.25) is 0 Å². The van der Waals surface area contributed by atoms with Crippen LogP contribution in [-0.4, -0.2) is 30.4 Å². The SMILES string of the molecule is CNC1(CO)CCCC(Oc2cccc(C)c2C)C1. The summed E-state index contributed by atoms with van der Waals surface area (Å²) >= 11 is 0. The second kappa shape index (κ2) is 5.93. The predicted molar refractivity (Wildman–Crippen MR) is 77.7 cm³/mol. The highest BCUT2D eigenvalue weighted by Crippen LogP contribution is 2.32. The van der Waals surface area contributed by atoms with Crippen LogP contribution in [-0.2, 0) is 0 Å². The Labute approximate surface area is 116 Å². The Morgan fingerprint density at radius 1 is 1.42 bits per heavy atom. The van der Waals surface area contributed by atoms with Crippen LogP contribution in [0.3, 0.4) is 0 Å². The zero-order chi connectivity index (χ0) is 13.9. The molecule has 3 nitrogen and oxygen atoms in total. The fraction of sp³-hybridized carbons (Fsp3) is 0.625. The van der Waals surface area contributed by atoms with Crippen molar-refractivity contribution in [3.05, 3.63) is 29.3 Å². The molecule has 0 bridgehead atoms. The normalized spacial score (nSPS) is 27.3. The van der Waals surface area contributed by atoms with E-state index in [1.165, 1.54) is 11.1 Å². The first-order chi connectivity index (χ1) is 9.10. The summed E-state index contributed by atoms with van der Waals surface area (Å²) in [5.41, 5.74) is 2.31. The quantitative estimate of drug-likeness (QED) is 0.877. The van der Waals surface area contributed by atoms with Crippen molar-refractivity contribution in [2.75, 3.05) is 13.7 Å². The number of aliphatic hydroxyl groups excluding tert-OH is 1. The maximum atomic E-state index is 9.61. The molecule has 0 heterocycles. The van der Waals surface area contributed by atoms with Gasteiger partial charge in [-0.2, -0.15) is 0 Å². The molecule has 106 valence electrons. The van der Waals surface area contributed by atoms with E-state index in [0.29, 0.717) is 0 Å². The zero-order valence-electron chi connectivity index (χ0n) is 12.2. The Balaban J connectivity index is 2.09. The van der Waals surface area contributed by atoms with Crippen LogP contribution in [0.1, 0.15) is 36.8 Å². The summed E-state index contributed by atoms with van der Waals surface area (Å²) in [5, 5.41) is 12.9. The molecule has 3 heteroatoms. The van der Waals surface area contributed by atoms with E-state index < -0.39 is 0 Å². The molecule has 1 aliphatic rings. The third-order valence-corrected chi connectivity index (χ3v) is 4.48. The molecule has 0 amide bonds. The molecule has 2 rings (SSSR count). The lowest BCUT2D eigenvalue weighted by Gasteiger charge is -2.39. The van der Waals surface area contributed by atoms with E-state index in [9.17, 15) is 5.11 Å². The molecular weight excluding hydrogens is 238 g/mol. The molecule has 1 aromatic rings. The molecule has 0 aromatic heterocycles. The van der Waals surface area contributed by atoms with E-state index in [2.05, 4.69) is 25.2 Å². The molecule has 1 saturated carbocycles. The number of aryl methyl sites for hydroxylation is 1. The summed E-state index contributed by atoms with van der Waals surface area (Å²) in [6.07, 6.45) is 4.24. The van der Waals surface area contributed by atoms with Gasteiger partial charge < -0.3 is 15.2 Å². The topological polar surface area (TPSA) is 41.5 Å². The smallest absolute Gasteiger partial charge is 0.122 e. The number of nitrogens with one attached hydrogen (secondary N) is 1. The molecule has 0 radical (unpaired) electrons. The summed E-state index contributed by atoms with van der Waals surface area (Å²) in [7, 11) is 1.93. The van der Waals surface area contributed by atoms with Gasteiger partial charge in [0.15, 0.2) is 0 Å². The molecule has 2 unspecified atom stereocenters. The van der Waals surface area contributed by atoms with Crippen molar-refractivity contribution in [3.8, 4) is 5.75 Å². The molecule has 1 aromatic carbocycles. The van der Waals surface area contributed by atoms with Gasteiger partial charge in [-0.3, -0.25) is 0 Å². The van der Waals surface area contributed by atoms with Crippen molar-refractivity contribution in [3.63, 3.8) is 0 Å². The van der Waals surface area contributed by atoms with Crippen molar-refractivity contribution in [2.45, 2.75) is 51.2 Å². The maximum absolute atomic E-state index is 9.61. The van der Waals surface area contributed by atoms with Gasteiger partial charge in [-0.25, -0.2) is 0 Å². The van der Waals surface area contributed by atoms with Gasteiger partial charge in [-0.05, 0) is 57.4 Å². The van der Waals surface area contributed by atoms with Crippen molar-refractivity contribution < 1.29 is 9.84 Å². The number of ether oxygens (including phenoxy) is 1. The Bertz CT molecular complexity index is 427. The van der Waals surface area contributed by atoms with Gasteiger partial charge >= 0.3 is 0 Å². The number of rotatable bonds is 4. The number of aliphatic hydroxyl groups is 1. The van der Waals surface area contributed by atoms with Crippen LogP contribution in [0.25, 0.3) is 0 Å². The monoisotopic (exact) mass is 263 g/mol. The van der Waals surface area contributed by atoms with E-state index >= 15 is 0 Å². The molecule has 0 aliphatic heterocycles. The van der Waals surface area contributed by atoms with Crippen molar-refractivity contribution >= 4 is 0 Å². The van der Waals surface area contributed by atoms with Crippen LogP contribution >= 0.6 is 0 Å². The lowest BCUT2D eigenvalue weighted by Crippen LogP contribution is -2.52. The number of likely N-dealkylation sites (N-methyl/N-ethyl adjacent to an activating group) is 1. The van der Waals surface area contributed by atoms with Gasteiger partial charge in [-0.1, -0.05) is 12.1 Å². The van der Waals surface area contributed by atoms with E-state index in [1.54, 1.807) is 0 Å². The summed E-state index contributed by atoms with van der Waals surface area (Å²) in [6.45, 7) is 4.38. The van der Waals surface area contributed by atoms with E-state index in [1.807, 2.05) is 19.2 Å². The Morgan fingerprint density at radius 2 is 2.21 bits per heavy atom. The average molecular weight is 263 g/mol. The molecule has 1 aliphatic carbocycles. The highest BCUT2D eigenvalue weighted by molar-refractivity contribution is 5.38. The van der Waals surface area contributed by atoms with E-state index in [4.69, 9.17) is 4.74 Å². The van der Waals surface area contributed by atoms with Crippen LogP contribution in [0, 0.1) is 13.8 Å². The predicted octanol–water partition coefficient (Wildman–Crippen LogP) is 2.58. The van der Waals surface area contributed by atoms with Crippen LogP contribution < -0.4 is 10.1 Å². The van der Waals surface area contributed by atoms with Gasteiger partial charge in [0.25, 0.3) is 0 Å². The van der Waals surface area contributed by atoms with Crippen molar-refractivity contribution in [1.29, 1.82) is 0 Å². The van der Waals surface area contributed by atoms with Crippen LogP contribution in [0.15, 0.2) is 18.2 Å². The fourth-order valence-electron chi connectivity index (χ4n) is 2.89. The van der Waals surface area contributed by atoms with Crippen LogP contribution in [0.2, 0.25) is 0 Å². The molecule has 1 fully saturated rings. The van der Waals surface area contributed by atoms with Gasteiger partial charge in [0.1, 0.15) is 11.9 Å². The van der Waals surface area contributed by atoms with Crippen LogP contribution in [0.5, 0.6) is 5.75 Å². The van der Waals surface area contributed by atoms with Crippen LogP contribution in [0.4, 0.5) is 0 Å². The molecule has 2 atom stereocenters. The molecule has 0 saturated heterocycles. The minimum Gasteiger partial charge on any atom is -0.490 e.